The Labute approximate surface area is 208 Å². The second-order valence-corrected chi connectivity index (χ2v) is 8.23. The van der Waals surface area contributed by atoms with Crippen LogP contribution in [0.2, 0.25) is 0 Å². The lowest BCUT2D eigenvalue weighted by atomic mass is 9.93. The maximum atomic E-state index is 14.5. The standard InChI is InChI=1S/C28H27FN2O5/c1-3-18-7-4-5-8-22(18)23-12-10-20(15-21(23)17-34-2)28-30-27(31-36-28)19-11-13-25(24(29)16-19)35-14-6-9-26(32)33/h4-5,7-8,10-13,15-16H,3,6,9,14,17H2,1-2H3,(H,32,33). The lowest BCUT2D eigenvalue weighted by Crippen LogP contribution is -2.03. The molecule has 1 aromatic heterocycles. The van der Waals surface area contributed by atoms with E-state index >= 15 is 0 Å². The number of hydrogen-bond acceptors (Lipinski definition) is 6. The van der Waals surface area contributed by atoms with Crippen molar-refractivity contribution < 1.29 is 28.3 Å². The molecule has 0 spiro atoms. The molecule has 186 valence electrons. The fourth-order valence-corrected chi connectivity index (χ4v) is 3.98. The second kappa shape index (κ2) is 11.6. The molecule has 0 amide bonds. The molecule has 0 aliphatic heterocycles. The highest BCUT2D eigenvalue weighted by molar-refractivity contribution is 5.74. The Morgan fingerprint density at radius 1 is 1.03 bits per heavy atom. The Morgan fingerprint density at radius 2 is 1.81 bits per heavy atom. The van der Waals surface area contributed by atoms with Gasteiger partial charge in [-0.3, -0.25) is 4.79 Å². The third-order valence-electron chi connectivity index (χ3n) is 5.75. The van der Waals surface area contributed by atoms with E-state index in [-0.39, 0.29) is 24.6 Å². The van der Waals surface area contributed by atoms with Gasteiger partial charge in [0.2, 0.25) is 5.82 Å². The summed E-state index contributed by atoms with van der Waals surface area (Å²) in [6.07, 6.45) is 1.17. The van der Waals surface area contributed by atoms with Crippen molar-refractivity contribution in [3.05, 3.63) is 77.6 Å². The van der Waals surface area contributed by atoms with Crippen molar-refractivity contribution in [1.29, 1.82) is 0 Å². The first kappa shape index (κ1) is 25.1. The Hall–Kier alpha value is -4.04. The molecule has 0 aliphatic carbocycles. The van der Waals surface area contributed by atoms with Gasteiger partial charge in [0, 0.05) is 24.7 Å². The minimum Gasteiger partial charge on any atom is -0.491 e. The van der Waals surface area contributed by atoms with Gasteiger partial charge in [0.05, 0.1) is 13.2 Å². The Kier molecular flexibility index (Phi) is 8.07. The van der Waals surface area contributed by atoms with E-state index in [0.29, 0.717) is 24.5 Å². The average Bonchev–Trinajstić information content (AvgIpc) is 3.38. The minimum absolute atomic E-state index is 0.0382. The van der Waals surface area contributed by atoms with Gasteiger partial charge in [-0.2, -0.15) is 4.98 Å². The van der Waals surface area contributed by atoms with Gasteiger partial charge >= 0.3 is 5.97 Å². The molecule has 3 aromatic carbocycles. The number of carboxylic acid groups (broad SMARTS) is 1. The van der Waals surface area contributed by atoms with Gasteiger partial charge in [0.25, 0.3) is 5.89 Å². The van der Waals surface area contributed by atoms with Crippen molar-refractivity contribution in [2.45, 2.75) is 32.8 Å². The molecule has 4 aromatic rings. The number of aryl methyl sites for hydroxylation is 1. The second-order valence-electron chi connectivity index (χ2n) is 8.23. The monoisotopic (exact) mass is 490 g/mol. The number of ether oxygens (including phenoxy) is 2. The number of hydrogen-bond donors (Lipinski definition) is 1. The number of aromatic nitrogens is 2. The summed E-state index contributed by atoms with van der Waals surface area (Å²) in [6.45, 7) is 2.66. The summed E-state index contributed by atoms with van der Waals surface area (Å²) < 4.78 is 30.8. The molecule has 8 heteroatoms. The molecule has 0 unspecified atom stereocenters. The van der Waals surface area contributed by atoms with E-state index < -0.39 is 11.8 Å². The third-order valence-corrected chi connectivity index (χ3v) is 5.75. The van der Waals surface area contributed by atoms with Crippen LogP contribution in [0.1, 0.15) is 30.9 Å². The van der Waals surface area contributed by atoms with Crippen LogP contribution in [-0.4, -0.2) is 34.9 Å². The Bertz CT molecular complexity index is 1350. The number of carboxylic acids is 1. The van der Waals surface area contributed by atoms with Crippen LogP contribution in [0.5, 0.6) is 5.75 Å². The SMILES string of the molecule is CCc1ccccc1-c1ccc(-c2nc(-c3ccc(OCCCC(=O)O)c(F)c3)no2)cc1COC. The van der Waals surface area contributed by atoms with Crippen LogP contribution in [0.15, 0.2) is 65.2 Å². The fraction of sp³-hybridized carbons (Fsp3) is 0.250. The maximum absolute atomic E-state index is 14.5. The van der Waals surface area contributed by atoms with E-state index in [4.69, 9.17) is 19.1 Å². The zero-order valence-electron chi connectivity index (χ0n) is 20.2. The smallest absolute Gasteiger partial charge is 0.303 e. The largest absolute Gasteiger partial charge is 0.491 e. The normalized spacial score (nSPS) is 11.0. The van der Waals surface area contributed by atoms with Crippen LogP contribution < -0.4 is 4.74 Å². The quantitative estimate of drug-likeness (QED) is 0.252. The topological polar surface area (TPSA) is 94.7 Å². The molecule has 7 nitrogen and oxygen atoms in total. The summed E-state index contributed by atoms with van der Waals surface area (Å²) in [7, 11) is 1.65. The summed E-state index contributed by atoms with van der Waals surface area (Å²) in [5.74, 6) is -0.908. The fourth-order valence-electron chi connectivity index (χ4n) is 3.98. The molecule has 0 bridgehead atoms. The van der Waals surface area contributed by atoms with E-state index in [9.17, 15) is 9.18 Å². The molecular formula is C28H27FN2O5. The number of methoxy groups -OCH3 is 1. The molecule has 0 atom stereocenters. The summed E-state index contributed by atoms with van der Waals surface area (Å²) in [6, 6.07) is 18.6. The molecule has 36 heavy (non-hydrogen) atoms. The number of aliphatic carboxylic acids is 1. The Balaban J connectivity index is 1.56. The molecule has 1 heterocycles. The predicted octanol–water partition coefficient (Wildman–Crippen LogP) is 6.16. The van der Waals surface area contributed by atoms with Crippen molar-refractivity contribution in [2.75, 3.05) is 13.7 Å². The number of rotatable bonds is 11. The van der Waals surface area contributed by atoms with Crippen molar-refractivity contribution in [3.8, 4) is 39.7 Å². The highest BCUT2D eigenvalue weighted by atomic mass is 19.1. The van der Waals surface area contributed by atoms with Gasteiger partial charge in [0.1, 0.15) is 0 Å². The van der Waals surface area contributed by atoms with E-state index in [2.05, 4.69) is 29.2 Å². The molecule has 1 N–H and O–H groups in total. The average molecular weight is 491 g/mol. The van der Waals surface area contributed by atoms with Gasteiger partial charge in [0.15, 0.2) is 11.6 Å². The molecular weight excluding hydrogens is 463 g/mol. The van der Waals surface area contributed by atoms with Crippen LogP contribution in [0, 0.1) is 5.82 Å². The van der Waals surface area contributed by atoms with E-state index in [0.717, 1.165) is 28.7 Å². The molecule has 0 saturated carbocycles. The number of halogens is 1. The zero-order valence-corrected chi connectivity index (χ0v) is 20.2. The molecule has 0 saturated heterocycles. The van der Waals surface area contributed by atoms with Gasteiger partial charge in [-0.1, -0.05) is 42.4 Å². The summed E-state index contributed by atoms with van der Waals surface area (Å²) in [5, 5.41) is 12.7. The van der Waals surface area contributed by atoms with Crippen molar-refractivity contribution in [3.63, 3.8) is 0 Å². The van der Waals surface area contributed by atoms with Gasteiger partial charge < -0.3 is 19.1 Å². The molecule has 0 radical (unpaired) electrons. The molecule has 0 fully saturated rings. The molecule has 4 rings (SSSR count). The van der Waals surface area contributed by atoms with Crippen LogP contribution >= 0.6 is 0 Å². The first-order valence-electron chi connectivity index (χ1n) is 11.7. The van der Waals surface area contributed by atoms with Crippen LogP contribution in [0.25, 0.3) is 34.0 Å². The lowest BCUT2D eigenvalue weighted by Gasteiger charge is -2.13. The van der Waals surface area contributed by atoms with Gasteiger partial charge in [-0.25, -0.2) is 4.39 Å². The van der Waals surface area contributed by atoms with E-state index in [1.54, 1.807) is 13.2 Å². The number of nitrogens with zero attached hydrogens (tertiary/aromatic N) is 2. The van der Waals surface area contributed by atoms with E-state index in [1.165, 1.54) is 17.7 Å². The first-order chi connectivity index (χ1) is 17.5. The van der Waals surface area contributed by atoms with E-state index in [1.807, 2.05) is 30.3 Å². The maximum Gasteiger partial charge on any atom is 0.303 e. The zero-order chi connectivity index (χ0) is 25.5. The predicted molar refractivity (Wildman–Crippen MR) is 133 cm³/mol. The molecule has 0 aliphatic rings. The van der Waals surface area contributed by atoms with Crippen LogP contribution in [-0.2, 0) is 22.6 Å². The third kappa shape index (κ3) is 5.78. The van der Waals surface area contributed by atoms with Crippen molar-refractivity contribution >= 4 is 5.97 Å². The van der Waals surface area contributed by atoms with Crippen LogP contribution in [0.3, 0.4) is 0 Å². The number of carbonyl (C=O) groups is 1. The first-order valence-corrected chi connectivity index (χ1v) is 11.7. The van der Waals surface area contributed by atoms with Crippen molar-refractivity contribution in [1.82, 2.24) is 10.1 Å². The summed E-state index contributed by atoms with van der Waals surface area (Å²) in [5.41, 5.74) is 5.65. The summed E-state index contributed by atoms with van der Waals surface area (Å²) >= 11 is 0. The van der Waals surface area contributed by atoms with Crippen LogP contribution in [0.4, 0.5) is 4.39 Å². The highest BCUT2D eigenvalue weighted by Gasteiger charge is 2.16. The highest BCUT2D eigenvalue weighted by Crippen LogP contribution is 2.32. The minimum atomic E-state index is -0.919. The lowest BCUT2D eigenvalue weighted by molar-refractivity contribution is -0.137. The Morgan fingerprint density at radius 3 is 2.56 bits per heavy atom. The van der Waals surface area contributed by atoms with Crippen molar-refractivity contribution in [2.24, 2.45) is 0 Å². The van der Waals surface area contributed by atoms with Gasteiger partial charge in [-0.15, -0.1) is 0 Å². The summed E-state index contributed by atoms with van der Waals surface area (Å²) in [4.78, 5) is 15.0. The van der Waals surface area contributed by atoms with Gasteiger partial charge in [-0.05, 0) is 65.4 Å². The number of benzene rings is 3.